The first-order valence-corrected chi connectivity index (χ1v) is 5.48. The Morgan fingerprint density at radius 3 is 2.44 bits per heavy atom. The van der Waals surface area contributed by atoms with E-state index >= 15 is 0 Å². The number of aliphatic hydroxyl groups is 5. The van der Waals surface area contributed by atoms with Crippen LogP contribution < -0.4 is 5.32 Å². The third-order valence-electron chi connectivity index (χ3n) is 3.06. The first-order chi connectivity index (χ1) is 7.41. The molecule has 0 aromatic rings. The topological polar surface area (TPSA) is 113 Å². The van der Waals surface area contributed by atoms with E-state index in [4.69, 9.17) is 10.2 Å². The van der Waals surface area contributed by atoms with Gasteiger partial charge in [0.1, 0.15) is 0 Å². The zero-order chi connectivity index (χ0) is 12.3. The van der Waals surface area contributed by atoms with Crippen molar-refractivity contribution in [3.63, 3.8) is 0 Å². The monoisotopic (exact) mass is 235 g/mol. The van der Waals surface area contributed by atoms with Crippen LogP contribution in [0.2, 0.25) is 0 Å². The second-order valence-electron chi connectivity index (χ2n) is 4.71. The van der Waals surface area contributed by atoms with Crippen LogP contribution in [0.25, 0.3) is 0 Å². The molecule has 0 aliphatic heterocycles. The van der Waals surface area contributed by atoms with Gasteiger partial charge in [0.2, 0.25) is 0 Å². The van der Waals surface area contributed by atoms with Crippen molar-refractivity contribution in [3.05, 3.63) is 0 Å². The Labute approximate surface area is 94.5 Å². The molecule has 0 amide bonds. The van der Waals surface area contributed by atoms with Crippen molar-refractivity contribution in [2.24, 2.45) is 0 Å². The summed E-state index contributed by atoms with van der Waals surface area (Å²) in [4.78, 5) is 0. The van der Waals surface area contributed by atoms with E-state index in [1.54, 1.807) is 6.92 Å². The molecule has 0 spiro atoms. The van der Waals surface area contributed by atoms with E-state index in [1.807, 2.05) is 0 Å². The molecule has 96 valence electrons. The first-order valence-electron chi connectivity index (χ1n) is 5.48. The molecule has 0 aromatic carbocycles. The third kappa shape index (κ3) is 3.13. The number of rotatable bonds is 4. The molecule has 0 saturated heterocycles. The van der Waals surface area contributed by atoms with Gasteiger partial charge in [0.25, 0.3) is 0 Å². The van der Waals surface area contributed by atoms with Gasteiger partial charge in [-0.2, -0.15) is 0 Å². The van der Waals surface area contributed by atoms with Crippen molar-refractivity contribution in [3.8, 4) is 0 Å². The molecule has 6 nitrogen and oxygen atoms in total. The molecule has 0 aromatic heterocycles. The standard InChI is InChI=1S/C10H21NO5/c1-6(4-12)11-7-2-10(16,5-13)3-8(14)9(7)15/h6-9,11-16H,2-5H2,1H3/t6?,7?,8-,9?,10?/m1/s1. The van der Waals surface area contributed by atoms with Crippen LogP contribution in [0.4, 0.5) is 0 Å². The summed E-state index contributed by atoms with van der Waals surface area (Å²) in [6.07, 6.45) is -1.97. The van der Waals surface area contributed by atoms with E-state index in [0.29, 0.717) is 0 Å². The molecular weight excluding hydrogens is 214 g/mol. The highest BCUT2D eigenvalue weighted by molar-refractivity contribution is 4.98. The zero-order valence-electron chi connectivity index (χ0n) is 9.37. The molecule has 1 aliphatic rings. The molecule has 0 bridgehead atoms. The fourth-order valence-electron chi connectivity index (χ4n) is 2.10. The van der Waals surface area contributed by atoms with E-state index in [-0.39, 0.29) is 25.5 Å². The van der Waals surface area contributed by atoms with Crippen molar-refractivity contribution in [2.45, 2.75) is 49.7 Å². The van der Waals surface area contributed by atoms with E-state index in [0.717, 1.165) is 0 Å². The maximum Gasteiger partial charge on any atom is 0.0953 e. The van der Waals surface area contributed by atoms with Crippen LogP contribution in [0.1, 0.15) is 19.8 Å². The quantitative estimate of drug-likeness (QED) is 0.323. The van der Waals surface area contributed by atoms with Crippen molar-refractivity contribution in [1.82, 2.24) is 5.32 Å². The molecule has 6 heteroatoms. The molecule has 1 fully saturated rings. The highest BCUT2D eigenvalue weighted by Crippen LogP contribution is 2.29. The summed E-state index contributed by atoms with van der Waals surface area (Å²) >= 11 is 0. The molecule has 1 aliphatic carbocycles. The van der Waals surface area contributed by atoms with Gasteiger partial charge in [-0.05, 0) is 13.3 Å². The fraction of sp³-hybridized carbons (Fsp3) is 1.00. The molecule has 6 N–H and O–H groups in total. The minimum absolute atomic E-state index is 0.0453. The summed E-state index contributed by atoms with van der Waals surface area (Å²) < 4.78 is 0. The lowest BCUT2D eigenvalue weighted by Crippen LogP contribution is -2.60. The van der Waals surface area contributed by atoms with E-state index in [2.05, 4.69) is 5.32 Å². The fourth-order valence-corrected chi connectivity index (χ4v) is 2.10. The van der Waals surface area contributed by atoms with Crippen LogP contribution in [-0.4, -0.2) is 68.6 Å². The van der Waals surface area contributed by atoms with E-state index in [1.165, 1.54) is 0 Å². The molecule has 4 unspecified atom stereocenters. The average Bonchev–Trinajstić information content (AvgIpc) is 2.25. The van der Waals surface area contributed by atoms with Gasteiger partial charge in [-0.15, -0.1) is 0 Å². The molecule has 0 heterocycles. The Morgan fingerprint density at radius 2 is 1.94 bits per heavy atom. The van der Waals surface area contributed by atoms with Gasteiger partial charge in [0, 0.05) is 18.5 Å². The van der Waals surface area contributed by atoms with Crippen LogP contribution >= 0.6 is 0 Å². The van der Waals surface area contributed by atoms with Gasteiger partial charge in [-0.1, -0.05) is 0 Å². The van der Waals surface area contributed by atoms with Gasteiger partial charge in [-0.25, -0.2) is 0 Å². The summed E-state index contributed by atoms with van der Waals surface area (Å²) in [5.41, 5.74) is -1.37. The second-order valence-corrected chi connectivity index (χ2v) is 4.71. The van der Waals surface area contributed by atoms with Crippen LogP contribution in [0.5, 0.6) is 0 Å². The first kappa shape index (κ1) is 13.8. The second kappa shape index (κ2) is 5.39. The average molecular weight is 235 g/mol. The maximum absolute atomic E-state index is 9.90. The van der Waals surface area contributed by atoms with Gasteiger partial charge >= 0.3 is 0 Å². The van der Waals surface area contributed by atoms with Crippen LogP contribution in [0.15, 0.2) is 0 Å². The molecule has 0 radical (unpaired) electrons. The molecule has 5 atom stereocenters. The van der Waals surface area contributed by atoms with Gasteiger partial charge < -0.3 is 30.8 Å². The van der Waals surface area contributed by atoms with Crippen molar-refractivity contribution in [2.75, 3.05) is 13.2 Å². The van der Waals surface area contributed by atoms with E-state index < -0.39 is 30.5 Å². The molecular formula is C10H21NO5. The van der Waals surface area contributed by atoms with Crippen molar-refractivity contribution in [1.29, 1.82) is 0 Å². The molecule has 1 saturated carbocycles. The Hall–Kier alpha value is -0.240. The SMILES string of the molecule is CC(CO)NC1CC(O)(CO)C[C@@H](O)C1O. The number of aliphatic hydroxyl groups excluding tert-OH is 4. The Bertz CT molecular complexity index is 227. The summed E-state index contributed by atoms with van der Waals surface area (Å²) in [6.45, 7) is 1.17. The lowest BCUT2D eigenvalue weighted by Gasteiger charge is -2.42. The van der Waals surface area contributed by atoms with Crippen LogP contribution in [0.3, 0.4) is 0 Å². The Balaban J connectivity index is 2.66. The smallest absolute Gasteiger partial charge is 0.0953 e. The highest BCUT2D eigenvalue weighted by atomic mass is 16.3. The predicted molar refractivity (Wildman–Crippen MR) is 56.8 cm³/mol. The Kier molecular flexibility index (Phi) is 4.66. The van der Waals surface area contributed by atoms with Crippen molar-refractivity contribution < 1.29 is 25.5 Å². The number of hydrogen-bond donors (Lipinski definition) is 6. The largest absolute Gasteiger partial charge is 0.395 e. The lowest BCUT2D eigenvalue weighted by molar-refractivity contribution is -0.133. The minimum atomic E-state index is -1.37. The summed E-state index contributed by atoms with van der Waals surface area (Å²) in [6, 6.07) is -0.782. The number of hydrogen-bond acceptors (Lipinski definition) is 6. The normalized spacial score (nSPS) is 42.0. The van der Waals surface area contributed by atoms with Gasteiger partial charge in [0.15, 0.2) is 0 Å². The van der Waals surface area contributed by atoms with Crippen molar-refractivity contribution >= 4 is 0 Å². The predicted octanol–water partition coefficient (Wildman–Crippen LogP) is -2.44. The zero-order valence-corrected chi connectivity index (χ0v) is 9.37. The molecule has 16 heavy (non-hydrogen) atoms. The Morgan fingerprint density at radius 1 is 1.31 bits per heavy atom. The summed E-state index contributed by atoms with van der Waals surface area (Å²) in [5, 5.41) is 50.0. The number of nitrogens with one attached hydrogen (secondary N) is 1. The van der Waals surface area contributed by atoms with Crippen LogP contribution in [0, 0.1) is 0 Å². The lowest BCUT2D eigenvalue weighted by atomic mass is 9.78. The molecule has 1 rings (SSSR count). The third-order valence-corrected chi connectivity index (χ3v) is 3.06. The van der Waals surface area contributed by atoms with E-state index in [9.17, 15) is 15.3 Å². The highest BCUT2D eigenvalue weighted by Gasteiger charge is 2.43. The summed E-state index contributed by atoms with van der Waals surface area (Å²) in [7, 11) is 0. The van der Waals surface area contributed by atoms with Gasteiger partial charge in [0.05, 0.1) is 31.0 Å². The maximum atomic E-state index is 9.90. The van der Waals surface area contributed by atoms with Crippen LogP contribution in [-0.2, 0) is 0 Å². The van der Waals surface area contributed by atoms with Gasteiger partial charge in [-0.3, -0.25) is 0 Å². The summed E-state index contributed by atoms with van der Waals surface area (Å²) in [5.74, 6) is 0. The minimum Gasteiger partial charge on any atom is -0.395 e.